The van der Waals surface area contributed by atoms with Gasteiger partial charge in [-0.2, -0.15) is 13.2 Å². The first-order chi connectivity index (χ1) is 23.4. The van der Waals surface area contributed by atoms with E-state index < -0.39 is 47.0 Å². The van der Waals surface area contributed by atoms with E-state index in [0.717, 1.165) is 37.2 Å². The lowest BCUT2D eigenvalue weighted by Crippen LogP contribution is -2.42. The summed E-state index contributed by atoms with van der Waals surface area (Å²) in [6.07, 6.45) is -4.19. The number of halogens is 4. The molecule has 14 heteroatoms. The summed E-state index contributed by atoms with van der Waals surface area (Å²) < 4.78 is 49.0. The Hall–Kier alpha value is -3.88. The largest absolute Gasteiger partial charge is 0.483 e. The fraction of sp³-hybridized carbons (Fsp3) is 0.314. The second-order valence-corrected chi connectivity index (χ2v) is 15.9. The number of aromatic amines is 1. The lowest BCUT2D eigenvalue weighted by molar-refractivity contribution is -0.137. The Morgan fingerprint density at radius 1 is 1.02 bits per heavy atom. The monoisotopic (exact) mass is 769 g/mol. The molecule has 7 atom stereocenters. The van der Waals surface area contributed by atoms with Crippen LogP contribution in [0.15, 0.2) is 81.0 Å². The summed E-state index contributed by atoms with van der Waals surface area (Å²) >= 11 is 6.11. The van der Waals surface area contributed by atoms with Crippen molar-refractivity contribution in [3.8, 4) is 5.75 Å². The van der Waals surface area contributed by atoms with Crippen LogP contribution in [0.5, 0.6) is 5.75 Å². The number of aryl methyl sites for hydroxylation is 1. The van der Waals surface area contributed by atoms with Gasteiger partial charge in [-0.3, -0.25) is 19.2 Å². The molecule has 2 bridgehead atoms. The SMILES string of the molecule is Cc1ccccc1NC(=O)COc1ccc(Br)cc1[C@H]1c2sc(=O)[nH]c2SC2C1[C@H]1C[C@@H]2C2C(=O)N(c3ccccc3C(F)(F)F)C(=O)C21. The van der Waals surface area contributed by atoms with Crippen molar-refractivity contribution < 1.29 is 32.3 Å². The van der Waals surface area contributed by atoms with Crippen LogP contribution in [-0.2, 0) is 20.6 Å². The first kappa shape index (κ1) is 32.3. The quantitative estimate of drug-likeness (QED) is 0.201. The Morgan fingerprint density at radius 2 is 1.73 bits per heavy atom. The number of nitrogens with one attached hydrogen (secondary N) is 2. The predicted octanol–water partition coefficient (Wildman–Crippen LogP) is 7.22. The van der Waals surface area contributed by atoms with E-state index in [1.807, 2.05) is 31.2 Å². The molecular weight excluding hydrogens is 743 g/mol. The van der Waals surface area contributed by atoms with Crippen molar-refractivity contribution in [1.29, 1.82) is 0 Å². The van der Waals surface area contributed by atoms with E-state index in [9.17, 15) is 32.3 Å². The number of alkyl halides is 3. The van der Waals surface area contributed by atoms with Gasteiger partial charge < -0.3 is 15.0 Å². The van der Waals surface area contributed by atoms with Gasteiger partial charge in [-0.25, -0.2) is 4.90 Å². The number of nitrogens with zero attached hydrogens (tertiary/aromatic N) is 1. The Morgan fingerprint density at radius 3 is 2.49 bits per heavy atom. The summed E-state index contributed by atoms with van der Waals surface area (Å²) in [4.78, 5) is 58.0. The number of hydrogen-bond acceptors (Lipinski definition) is 7. The molecule has 0 radical (unpaired) electrons. The second kappa shape index (κ2) is 11.9. The predicted molar refractivity (Wildman–Crippen MR) is 182 cm³/mol. The number of aromatic nitrogens is 1. The minimum absolute atomic E-state index is 0.195. The van der Waals surface area contributed by atoms with Crippen LogP contribution >= 0.6 is 39.0 Å². The van der Waals surface area contributed by atoms with E-state index in [0.29, 0.717) is 28.4 Å². The Labute approximate surface area is 294 Å². The van der Waals surface area contributed by atoms with Crippen LogP contribution < -0.4 is 19.8 Å². The van der Waals surface area contributed by atoms with Crippen molar-refractivity contribution in [3.63, 3.8) is 0 Å². The number of amides is 3. The normalized spacial score (nSPS) is 26.8. The molecule has 49 heavy (non-hydrogen) atoms. The van der Waals surface area contributed by atoms with E-state index in [4.69, 9.17) is 4.74 Å². The Kier molecular flexibility index (Phi) is 7.83. The molecule has 4 aliphatic rings. The molecule has 3 heterocycles. The second-order valence-electron chi connectivity index (χ2n) is 12.8. The lowest BCUT2D eigenvalue weighted by Gasteiger charge is -2.43. The summed E-state index contributed by atoms with van der Waals surface area (Å²) in [5.41, 5.74) is 0.804. The summed E-state index contributed by atoms with van der Waals surface area (Å²) in [6, 6.07) is 17.5. The number of para-hydroxylation sites is 2. The zero-order chi connectivity index (χ0) is 34.4. The molecule has 8 nitrogen and oxygen atoms in total. The third kappa shape index (κ3) is 5.25. The zero-order valence-corrected chi connectivity index (χ0v) is 28.8. The number of carbonyl (C=O) groups is 3. The summed E-state index contributed by atoms with van der Waals surface area (Å²) in [7, 11) is 0. The number of thiazole rings is 1. The molecule has 2 aliphatic carbocycles. The third-order valence-electron chi connectivity index (χ3n) is 10.3. The topological polar surface area (TPSA) is 109 Å². The molecule has 252 valence electrons. The molecule has 2 saturated carbocycles. The highest BCUT2D eigenvalue weighted by molar-refractivity contribution is 9.10. The molecule has 0 spiro atoms. The lowest BCUT2D eigenvalue weighted by atomic mass is 9.68. The van der Waals surface area contributed by atoms with Crippen LogP contribution in [0.3, 0.4) is 0 Å². The number of rotatable bonds is 6. The van der Waals surface area contributed by atoms with Gasteiger partial charge in [0, 0.05) is 31.8 Å². The van der Waals surface area contributed by atoms with Gasteiger partial charge in [0.25, 0.3) is 5.91 Å². The van der Waals surface area contributed by atoms with E-state index in [1.165, 1.54) is 30.0 Å². The van der Waals surface area contributed by atoms with Crippen LogP contribution in [0.1, 0.15) is 33.9 Å². The first-order valence-electron chi connectivity index (χ1n) is 15.6. The van der Waals surface area contributed by atoms with Crippen LogP contribution in [-0.4, -0.2) is 34.6 Å². The number of benzene rings is 3. The van der Waals surface area contributed by atoms with Crippen molar-refractivity contribution >= 4 is 68.1 Å². The number of anilines is 2. The highest BCUT2D eigenvalue weighted by atomic mass is 79.9. The van der Waals surface area contributed by atoms with Gasteiger partial charge in [-0.1, -0.05) is 57.6 Å². The van der Waals surface area contributed by atoms with Crippen LogP contribution in [0.25, 0.3) is 0 Å². The molecule has 1 saturated heterocycles. The number of ether oxygens (including phenoxy) is 1. The molecule has 4 unspecified atom stereocenters. The molecule has 1 aromatic heterocycles. The van der Waals surface area contributed by atoms with Crippen LogP contribution in [0, 0.1) is 36.5 Å². The smallest absolute Gasteiger partial charge is 0.418 e. The molecule has 3 fully saturated rings. The number of imide groups is 1. The molecule has 3 amide bonds. The van der Waals surface area contributed by atoms with Crippen LogP contribution in [0.4, 0.5) is 24.5 Å². The van der Waals surface area contributed by atoms with Crippen molar-refractivity contribution in [2.24, 2.45) is 29.6 Å². The highest BCUT2D eigenvalue weighted by Crippen LogP contribution is 2.69. The standard InChI is InChI=1S/C35H27BrF3N3O5S2/c1-15-6-2-4-8-21(15)40-24(43)14-47-23-11-10-16(36)12-17(23)25-26-18-13-19(29(26)48-31-30(25)49-34(46)41-31)28-27(18)32(44)42(33(28)45)22-9-5-3-7-20(22)35(37,38)39/h2-12,18-19,25-29H,13-14H2,1H3,(H,40,43)(H,41,46)/t18-,19-,25-,26?,27?,28?,29?/m1/s1. The summed E-state index contributed by atoms with van der Waals surface area (Å²) in [5, 5.41) is 3.34. The van der Waals surface area contributed by atoms with Gasteiger partial charge in [0.1, 0.15) is 5.75 Å². The van der Waals surface area contributed by atoms with Gasteiger partial charge >= 0.3 is 11.0 Å². The maximum Gasteiger partial charge on any atom is 0.418 e. The molecular formula is C35H27BrF3N3O5S2. The van der Waals surface area contributed by atoms with Crippen molar-refractivity contribution in [3.05, 3.63) is 102 Å². The average Bonchev–Trinajstić information content (AvgIpc) is 3.80. The maximum absolute atomic E-state index is 14.1. The summed E-state index contributed by atoms with van der Waals surface area (Å²) in [5.74, 6) is -4.00. The molecule has 8 rings (SSSR count). The van der Waals surface area contributed by atoms with E-state index in [1.54, 1.807) is 18.2 Å². The highest BCUT2D eigenvalue weighted by Gasteiger charge is 2.70. The van der Waals surface area contributed by atoms with Gasteiger partial charge in [0.05, 0.1) is 28.1 Å². The van der Waals surface area contributed by atoms with E-state index in [-0.39, 0.29) is 40.4 Å². The number of carbonyl (C=O) groups excluding carboxylic acids is 3. The molecule has 2 N–H and O–H groups in total. The minimum atomic E-state index is -4.75. The van der Waals surface area contributed by atoms with Gasteiger partial charge in [0.15, 0.2) is 6.61 Å². The van der Waals surface area contributed by atoms with Crippen LogP contribution in [0.2, 0.25) is 0 Å². The summed E-state index contributed by atoms with van der Waals surface area (Å²) in [6.45, 7) is 1.60. The Bertz CT molecular complexity index is 2100. The van der Waals surface area contributed by atoms with Gasteiger partial charge in [0.2, 0.25) is 11.8 Å². The molecule has 2 aliphatic heterocycles. The van der Waals surface area contributed by atoms with Crippen molar-refractivity contribution in [2.75, 3.05) is 16.8 Å². The number of fused-ring (bicyclic) bond motifs is 9. The van der Waals surface area contributed by atoms with Gasteiger partial charge in [-0.05, 0) is 73.1 Å². The minimum Gasteiger partial charge on any atom is -0.483 e. The van der Waals surface area contributed by atoms with E-state index in [2.05, 4.69) is 26.2 Å². The van der Waals surface area contributed by atoms with Crippen molar-refractivity contribution in [2.45, 2.75) is 35.7 Å². The first-order valence-corrected chi connectivity index (χ1v) is 18.1. The number of thioether (sulfide) groups is 1. The molecule has 4 aromatic rings. The zero-order valence-electron chi connectivity index (χ0n) is 25.6. The number of H-pyrrole nitrogens is 1. The fourth-order valence-corrected chi connectivity index (χ4v) is 11.7. The van der Waals surface area contributed by atoms with Crippen molar-refractivity contribution in [1.82, 2.24) is 4.98 Å². The van der Waals surface area contributed by atoms with E-state index >= 15 is 0 Å². The molecule has 3 aromatic carbocycles. The third-order valence-corrected chi connectivity index (χ3v) is 13.3. The maximum atomic E-state index is 14.1. The number of hydrogen-bond donors (Lipinski definition) is 2. The Balaban J connectivity index is 1.15. The average molecular weight is 771 g/mol. The fourth-order valence-electron chi connectivity index (χ4n) is 8.45. The van der Waals surface area contributed by atoms with Gasteiger partial charge in [-0.15, -0.1) is 11.8 Å².